The molecule has 1 amide bonds. The number of nitrogens with one attached hydrogen (secondary N) is 1. The standard InChI is InChI=1S/C21H24Cl2N2O2/c22-18-3-1-16(2-4-18)15-25-12-9-17(10-13-25)21(26)24-11-14-27-20-7-5-19(23)6-8-20/h1-8,17H,9-15H2,(H,24,26). The molecule has 0 atom stereocenters. The van der Waals surface area contributed by atoms with Crippen LogP contribution in [0, 0.1) is 5.92 Å². The van der Waals surface area contributed by atoms with Crippen LogP contribution in [-0.2, 0) is 11.3 Å². The van der Waals surface area contributed by atoms with Crippen LogP contribution in [0.1, 0.15) is 18.4 Å². The molecule has 2 aromatic rings. The first kappa shape index (κ1) is 20.0. The Kier molecular flexibility index (Phi) is 7.39. The van der Waals surface area contributed by atoms with Crippen molar-refractivity contribution in [2.75, 3.05) is 26.2 Å². The van der Waals surface area contributed by atoms with Gasteiger partial charge in [-0.1, -0.05) is 35.3 Å². The summed E-state index contributed by atoms with van der Waals surface area (Å²) in [6.07, 6.45) is 1.77. The Labute approximate surface area is 170 Å². The molecule has 1 N–H and O–H groups in total. The monoisotopic (exact) mass is 406 g/mol. The average Bonchev–Trinajstić information content (AvgIpc) is 2.69. The van der Waals surface area contributed by atoms with Gasteiger partial charge in [-0.05, 0) is 67.9 Å². The number of nitrogens with zero attached hydrogens (tertiary/aromatic N) is 1. The van der Waals surface area contributed by atoms with Gasteiger partial charge < -0.3 is 10.1 Å². The van der Waals surface area contributed by atoms with Crippen LogP contribution in [0.5, 0.6) is 5.75 Å². The van der Waals surface area contributed by atoms with Gasteiger partial charge >= 0.3 is 0 Å². The van der Waals surface area contributed by atoms with E-state index in [0.29, 0.717) is 18.2 Å². The first-order valence-electron chi connectivity index (χ1n) is 9.23. The van der Waals surface area contributed by atoms with E-state index in [1.165, 1.54) is 5.56 Å². The molecule has 4 nitrogen and oxygen atoms in total. The fourth-order valence-corrected chi connectivity index (χ4v) is 3.47. The van der Waals surface area contributed by atoms with Gasteiger partial charge in [0.25, 0.3) is 0 Å². The minimum atomic E-state index is 0.0852. The van der Waals surface area contributed by atoms with Gasteiger partial charge in [-0.15, -0.1) is 0 Å². The molecule has 0 saturated carbocycles. The van der Waals surface area contributed by atoms with Crippen LogP contribution in [0.15, 0.2) is 48.5 Å². The van der Waals surface area contributed by atoms with Crippen molar-refractivity contribution in [1.29, 1.82) is 0 Å². The Balaban J connectivity index is 1.33. The number of halogens is 2. The molecule has 0 aromatic heterocycles. The summed E-state index contributed by atoms with van der Waals surface area (Å²) in [5, 5.41) is 4.42. The second-order valence-corrected chi connectivity index (χ2v) is 7.64. The lowest BCUT2D eigenvalue weighted by Gasteiger charge is -2.31. The predicted molar refractivity (Wildman–Crippen MR) is 109 cm³/mol. The molecule has 0 bridgehead atoms. The summed E-state index contributed by atoms with van der Waals surface area (Å²) < 4.78 is 5.60. The van der Waals surface area contributed by atoms with Crippen LogP contribution in [0.2, 0.25) is 10.0 Å². The number of hydrogen-bond donors (Lipinski definition) is 1. The van der Waals surface area contributed by atoms with Crippen molar-refractivity contribution in [3.8, 4) is 5.75 Å². The van der Waals surface area contributed by atoms with Crippen molar-refractivity contribution in [2.24, 2.45) is 5.92 Å². The molecule has 0 unspecified atom stereocenters. The molecule has 1 aliphatic rings. The van der Waals surface area contributed by atoms with Crippen molar-refractivity contribution >= 4 is 29.1 Å². The third kappa shape index (κ3) is 6.42. The van der Waals surface area contributed by atoms with Crippen LogP contribution >= 0.6 is 23.2 Å². The highest BCUT2D eigenvalue weighted by Crippen LogP contribution is 2.20. The maximum Gasteiger partial charge on any atom is 0.223 e. The van der Waals surface area contributed by atoms with Gasteiger partial charge in [0.2, 0.25) is 5.91 Å². The van der Waals surface area contributed by atoms with Gasteiger partial charge in [-0.25, -0.2) is 0 Å². The Morgan fingerprint density at radius 2 is 1.59 bits per heavy atom. The molecular formula is C21H24Cl2N2O2. The summed E-state index contributed by atoms with van der Waals surface area (Å²) in [5.74, 6) is 0.965. The summed E-state index contributed by atoms with van der Waals surface area (Å²) in [6.45, 7) is 3.72. The topological polar surface area (TPSA) is 41.6 Å². The van der Waals surface area contributed by atoms with Crippen molar-refractivity contribution in [3.63, 3.8) is 0 Å². The van der Waals surface area contributed by atoms with Gasteiger partial charge in [-0.3, -0.25) is 9.69 Å². The van der Waals surface area contributed by atoms with E-state index >= 15 is 0 Å². The second kappa shape index (κ2) is 9.98. The molecule has 6 heteroatoms. The molecule has 0 aliphatic carbocycles. The Hall–Kier alpha value is -1.75. The Morgan fingerprint density at radius 3 is 2.22 bits per heavy atom. The van der Waals surface area contributed by atoms with E-state index in [-0.39, 0.29) is 11.8 Å². The average molecular weight is 407 g/mol. The number of piperidine rings is 1. The van der Waals surface area contributed by atoms with E-state index in [9.17, 15) is 4.79 Å². The fourth-order valence-electron chi connectivity index (χ4n) is 3.22. The highest BCUT2D eigenvalue weighted by atomic mass is 35.5. The van der Waals surface area contributed by atoms with Crippen LogP contribution in [0.3, 0.4) is 0 Å². The SMILES string of the molecule is O=C(NCCOc1ccc(Cl)cc1)C1CCN(Cc2ccc(Cl)cc2)CC1. The largest absolute Gasteiger partial charge is 0.492 e. The highest BCUT2D eigenvalue weighted by molar-refractivity contribution is 6.30. The molecule has 144 valence electrons. The van der Waals surface area contributed by atoms with Crippen molar-refractivity contribution < 1.29 is 9.53 Å². The normalized spacial score (nSPS) is 15.5. The van der Waals surface area contributed by atoms with Gasteiger partial charge in [-0.2, -0.15) is 0 Å². The first-order chi connectivity index (χ1) is 13.1. The van der Waals surface area contributed by atoms with E-state index in [0.717, 1.165) is 43.2 Å². The molecule has 1 aliphatic heterocycles. The lowest BCUT2D eigenvalue weighted by Crippen LogP contribution is -2.41. The van der Waals surface area contributed by atoms with E-state index in [1.807, 2.05) is 24.3 Å². The summed E-state index contributed by atoms with van der Waals surface area (Å²) in [4.78, 5) is 14.7. The van der Waals surface area contributed by atoms with Gasteiger partial charge in [0.15, 0.2) is 0 Å². The van der Waals surface area contributed by atoms with Crippen LogP contribution in [-0.4, -0.2) is 37.0 Å². The zero-order valence-electron chi connectivity index (χ0n) is 15.2. The quantitative estimate of drug-likeness (QED) is 0.692. The van der Waals surface area contributed by atoms with E-state index < -0.39 is 0 Å². The number of benzene rings is 2. The third-order valence-electron chi connectivity index (χ3n) is 4.76. The number of amides is 1. The lowest BCUT2D eigenvalue weighted by molar-refractivity contribution is -0.126. The summed E-state index contributed by atoms with van der Waals surface area (Å²) in [5.41, 5.74) is 1.25. The maximum atomic E-state index is 12.3. The molecule has 1 saturated heterocycles. The van der Waals surface area contributed by atoms with Gasteiger partial charge in [0.05, 0.1) is 6.54 Å². The molecule has 0 radical (unpaired) electrons. The molecular weight excluding hydrogens is 383 g/mol. The van der Waals surface area contributed by atoms with Crippen LogP contribution in [0.25, 0.3) is 0 Å². The van der Waals surface area contributed by atoms with E-state index in [1.54, 1.807) is 12.1 Å². The smallest absolute Gasteiger partial charge is 0.223 e. The lowest BCUT2D eigenvalue weighted by atomic mass is 9.95. The minimum Gasteiger partial charge on any atom is -0.492 e. The van der Waals surface area contributed by atoms with E-state index in [2.05, 4.69) is 22.3 Å². The molecule has 3 rings (SSSR count). The molecule has 1 fully saturated rings. The molecule has 0 spiro atoms. The maximum absolute atomic E-state index is 12.3. The van der Waals surface area contributed by atoms with Crippen LogP contribution in [0.4, 0.5) is 0 Å². The molecule has 1 heterocycles. The van der Waals surface area contributed by atoms with Gasteiger partial charge in [0, 0.05) is 22.5 Å². The number of carbonyl (C=O) groups is 1. The molecule has 27 heavy (non-hydrogen) atoms. The number of likely N-dealkylation sites (tertiary alicyclic amines) is 1. The second-order valence-electron chi connectivity index (χ2n) is 6.77. The minimum absolute atomic E-state index is 0.0852. The number of ether oxygens (including phenoxy) is 1. The third-order valence-corrected chi connectivity index (χ3v) is 5.27. The highest BCUT2D eigenvalue weighted by Gasteiger charge is 2.24. The summed E-state index contributed by atoms with van der Waals surface area (Å²) in [6, 6.07) is 15.2. The van der Waals surface area contributed by atoms with Crippen molar-refractivity contribution in [1.82, 2.24) is 10.2 Å². The Morgan fingerprint density at radius 1 is 1.00 bits per heavy atom. The van der Waals surface area contributed by atoms with Gasteiger partial charge in [0.1, 0.15) is 12.4 Å². The zero-order chi connectivity index (χ0) is 19.1. The fraction of sp³-hybridized carbons (Fsp3) is 0.381. The first-order valence-corrected chi connectivity index (χ1v) is 9.98. The molecule has 2 aromatic carbocycles. The Bertz CT molecular complexity index is 727. The van der Waals surface area contributed by atoms with Crippen molar-refractivity contribution in [2.45, 2.75) is 19.4 Å². The van der Waals surface area contributed by atoms with Crippen LogP contribution < -0.4 is 10.1 Å². The van der Waals surface area contributed by atoms with E-state index in [4.69, 9.17) is 27.9 Å². The number of rotatable bonds is 7. The van der Waals surface area contributed by atoms with Crippen molar-refractivity contribution in [3.05, 3.63) is 64.1 Å². The zero-order valence-corrected chi connectivity index (χ0v) is 16.7. The number of carbonyl (C=O) groups excluding carboxylic acids is 1. The summed E-state index contributed by atoms with van der Waals surface area (Å²) >= 11 is 11.8. The summed E-state index contributed by atoms with van der Waals surface area (Å²) in [7, 11) is 0. The number of hydrogen-bond acceptors (Lipinski definition) is 3. The predicted octanol–water partition coefficient (Wildman–Crippen LogP) is 4.40.